The van der Waals surface area contributed by atoms with E-state index in [1.165, 1.54) is 6.07 Å². The fourth-order valence-corrected chi connectivity index (χ4v) is 0.898. The van der Waals surface area contributed by atoms with Gasteiger partial charge in [-0.3, -0.25) is 0 Å². The van der Waals surface area contributed by atoms with E-state index in [9.17, 15) is 13.2 Å². The van der Waals surface area contributed by atoms with E-state index in [0.29, 0.717) is 0 Å². The molecule has 66 valence electrons. The number of pyridine rings is 1. The molecule has 0 radical (unpaired) electrons. The van der Waals surface area contributed by atoms with Crippen LogP contribution in [0.2, 0.25) is 0 Å². The normalized spacial score (nSPS) is 10.8. The minimum absolute atomic E-state index is 0.0671. The molecular weight excluding hydrogens is 191 g/mol. The Bertz CT molecular complexity index is 277. The molecule has 0 bridgehead atoms. The minimum Gasteiger partial charge on any atom is -0.218 e. The fourth-order valence-electron chi connectivity index (χ4n) is 0.698. The Labute approximate surface area is 72.2 Å². The molecule has 1 rings (SSSR count). The summed E-state index contributed by atoms with van der Waals surface area (Å²) in [7, 11) is 0. The molecule has 0 spiro atoms. The molecule has 0 saturated heterocycles. The van der Waals surface area contributed by atoms with E-state index in [4.69, 9.17) is 11.6 Å². The van der Waals surface area contributed by atoms with Gasteiger partial charge in [-0.2, -0.15) is 4.39 Å². The maximum atomic E-state index is 12.7. The molecule has 0 unspecified atom stereocenters. The topological polar surface area (TPSA) is 12.9 Å². The second-order valence-electron chi connectivity index (χ2n) is 2.12. The van der Waals surface area contributed by atoms with Crippen LogP contribution in [0.4, 0.5) is 13.2 Å². The predicted octanol–water partition coefficient (Wildman–Crippen LogP) is 2.90. The molecular formula is C7H5ClF3N. The summed E-state index contributed by atoms with van der Waals surface area (Å²) >= 11 is 5.30. The molecule has 1 nitrogen and oxygen atoms in total. The van der Waals surface area contributed by atoms with E-state index >= 15 is 0 Å². The van der Waals surface area contributed by atoms with Gasteiger partial charge in [0.2, 0.25) is 5.95 Å². The van der Waals surface area contributed by atoms with Gasteiger partial charge in [0.15, 0.2) is 0 Å². The highest BCUT2D eigenvalue weighted by molar-refractivity contribution is 6.17. The third kappa shape index (κ3) is 1.88. The molecule has 12 heavy (non-hydrogen) atoms. The summed E-state index contributed by atoms with van der Waals surface area (Å²) in [5, 5.41) is 0. The highest BCUT2D eigenvalue weighted by Crippen LogP contribution is 2.18. The summed E-state index contributed by atoms with van der Waals surface area (Å²) in [4.78, 5) is 3.04. The van der Waals surface area contributed by atoms with Crippen LogP contribution in [0, 0.1) is 5.95 Å². The lowest BCUT2D eigenvalue weighted by Gasteiger charge is -2.00. The summed E-state index contributed by atoms with van der Waals surface area (Å²) in [6.07, 6.45) is -2.75. The monoisotopic (exact) mass is 195 g/mol. The number of aromatic nitrogens is 1. The van der Waals surface area contributed by atoms with Crippen molar-refractivity contribution in [1.82, 2.24) is 4.98 Å². The standard InChI is InChI=1S/C7H5ClF3N/c8-3-4-1-2-5(6(9)10)12-7(4)11/h1-2,6H,3H2. The molecule has 1 aromatic heterocycles. The van der Waals surface area contributed by atoms with Gasteiger partial charge in [-0.05, 0) is 6.07 Å². The van der Waals surface area contributed by atoms with Crippen molar-refractivity contribution in [2.24, 2.45) is 0 Å². The van der Waals surface area contributed by atoms with Crippen molar-refractivity contribution >= 4 is 11.6 Å². The Hall–Kier alpha value is -0.770. The van der Waals surface area contributed by atoms with Crippen LogP contribution in [0.25, 0.3) is 0 Å². The van der Waals surface area contributed by atoms with Gasteiger partial charge in [0.1, 0.15) is 5.69 Å². The summed E-state index contributed by atoms with van der Waals surface area (Å²) in [6.45, 7) is 0. The molecule has 0 aliphatic carbocycles. The van der Waals surface area contributed by atoms with E-state index in [2.05, 4.69) is 4.98 Å². The second kappa shape index (κ2) is 3.76. The van der Waals surface area contributed by atoms with Gasteiger partial charge in [0.05, 0.1) is 5.88 Å². The van der Waals surface area contributed by atoms with E-state index < -0.39 is 18.1 Å². The number of rotatable bonds is 2. The zero-order valence-electron chi connectivity index (χ0n) is 5.90. The highest BCUT2D eigenvalue weighted by atomic mass is 35.5. The summed E-state index contributed by atoms with van der Waals surface area (Å²) < 4.78 is 36.5. The van der Waals surface area contributed by atoms with Crippen LogP contribution in [0.5, 0.6) is 0 Å². The van der Waals surface area contributed by atoms with E-state index in [1.807, 2.05) is 0 Å². The SMILES string of the molecule is Fc1nc(C(F)F)ccc1CCl. The molecule has 1 heterocycles. The molecule has 0 fully saturated rings. The van der Waals surface area contributed by atoms with Gasteiger partial charge in [0.25, 0.3) is 6.43 Å². The summed E-state index contributed by atoms with van der Waals surface area (Å²) in [6, 6.07) is 2.27. The van der Waals surface area contributed by atoms with Crippen molar-refractivity contribution in [2.75, 3.05) is 0 Å². The molecule has 1 aromatic rings. The maximum Gasteiger partial charge on any atom is 0.280 e. The lowest BCUT2D eigenvalue weighted by atomic mass is 10.3. The van der Waals surface area contributed by atoms with Gasteiger partial charge >= 0.3 is 0 Å². The van der Waals surface area contributed by atoms with Crippen LogP contribution >= 0.6 is 11.6 Å². The van der Waals surface area contributed by atoms with Crippen LogP contribution in [-0.4, -0.2) is 4.98 Å². The third-order valence-corrected chi connectivity index (χ3v) is 1.60. The second-order valence-corrected chi connectivity index (χ2v) is 2.39. The largest absolute Gasteiger partial charge is 0.280 e. The zero-order valence-corrected chi connectivity index (χ0v) is 6.65. The molecule has 0 saturated carbocycles. The molecule has 0 amide bonds. The number of halogens is 4. The van der Waals surface area contributed by atoms with Gasteiger partial charge < -0.3 is 0 Å². The third-order valence-electron chi connectivity index (χ3n) is 1.32. The quantitative estimate of drug-likeness (QED) is 0.522. The van der Waals surface area contributed by atoms with Crippen LogP contribution in [0.1, 0.15) is 17.7 Å². The van der Waals surface area contributed by atoms with Crippen molar-refractivity contribution < 1.29 is 13.2 Å². The Kier molecular flexibility index (Phi) is 2.92. The van der Waals surface area contributed by atoms with E-state index in [1.54, 1.807) is 0 Å². The smallest absolute Gasteiger partial charge is 0.218 e. The fraction of sp³-hybridized carbons (Fsp3) is 0.286. The van der Waals surface area contributed by atoms with Crippen LogP contribution < -0.4 is 0 Å². The van der Waals surface area contributed by atoms with Crippen LogP contribution in [0.3, 0.4) is 0 Å². The highest BCUT2D eigenvalue weighted by Gasteiger charge is 2.11. The zero-order chi connectivity index (χ0) is 9.14. The van der Waals surface area contributed by atoms with Crippen LogP contribution in [-0.2, 0) is 5.88 Å². The van der Waals surface area contributed by atoms with Gasteiger partial charge in [0, 0.05) is 5.56 Å². The van der Waals surface area contributed by atoms with Gasteiger partial charge in [-0.15, -0.1) is 11.6 Å². The Morgan fingerprint density at radius 3 is 2.50 bits per heavy atom. The minimum atomic E-state index is -2.75. The lowest BCUT2D eigenvalue weighted by Crippen LogP contribution is -1.96. The molecule has 0 aliphatic rings. The molecule has 0 aliphatic heterocycles. The predicted molar refractivity (Wildman–Crippen MR) is 38.7 cm³/mol. The first-order chi connectivity index (χ1) is 5.65. The number of alkyl halides is 3. The Morgan fingerprint density at radius 1 is 1.42 bits per heavy atom. The maximum absolute atomic E-state index is 12.7. The van der Waals surface area contributed by atoms with Crippen molar-refractivity contribution in [3.63, 3.8) is 0 Å². The summed E-state index contributed by atoms with van der Waals surface area (Å²) in [5.74, 6) is -0.995. The van der Waals surface area contributed by atoms with Gasteiger partial charge in [-0.1, -0.05) is 6.07 Å². The Morgan fingerprint density at radius 2 is 2.08 bits per heavy atom. The number of nitrogens with zero attached hydrogens (tertiary/aromatic N) is 1. The van der Waals surface area contributed by atoms with Crippen molar-refractivity contribution in [2.45, 2.75) is 12.3 Å². The first-order valence-corrected chi connectivity index (χ1v) is 3.68. The van der Waals surface area contributed by atoms with Gasteiger partial charge in [-0.25, -0.2) is 13.8 Å². The van der Waals surface area contributed by atoms with E-state index in [-0.39, 0.29) is 11.4 Å². The molecule has 0 atom stereocenters. The van der Waals surface area contributed by atoms with Crippen molar-refractivity contribution in [3.8, 4) is 0 Å². The molecule has 5 heteroatoms. The van der Waals surface area contributed by atoms with Crippen LogP contribution in [0.15, 0.2) is 12.1 Å². The first-order valence-electron chi connectivity index (χ1n) is 3.14. The number of hydrogen-bond donors (Lipinski definition) is 0. The summed E-state index contributed by atoms with van der Waals surface area (Å²) in [5.41, 5.74) is -0.442. The molecule has 0 N–H and O–H groups in total. The average molecular weight is 196 g/mol. The van der Waals surface area contributed by atoms with Crippen molar-refractivity contribution in [1.29, 1.82) is 0 Å². The van der Waals surface area contributed by atoms with Crippen molar-refractivity contribution in [3.05, 3.63) is 29.3 Å². The average Bonchev–Trinajstić information content (AvgIpc) is 2.04. The molecule has 0 aromatic carbocycles. The Balaban J connectivity index is 3.02. The van der Waals surface area contributed by atoms with E-state index in [0.717, 1.165) is 6.07 Å². The first kappa shape index (κ1) is 9.32. The number of hydrogen-bond acceptors (Lipinski definition) is 1. The lowest BCUT2D eigenvalue weighted by molar-refractivity contribution is 0.144.